The second kappa shape index (κ2) is 6.54. The van der Waals surface area contributed by atoms with Gasteiger partial charge in [-0.15, -0.1) is 5.10 Å². The van der Waals surface area contributed by atoms with Gasteiger partial charge in [0.2, 0.25) is 0 Å². The maximum absolute atomic E-state index is 13.7. The van der Waals surface area contributed by atoms with E-state index in [2.05, 4.69) is 15.5 Å². The number of carbonyl (C=O) groups excluding carboxylic acids is 1. The van der Waals surface area contributed by atoms with Crippen LogP contribution in [0.3, 0.4) is 0 Å². The number of anilines is 1. The molecule has 134 valence electrons. The third-order valence-corrected chi connectivity index (χ3v) is 3.26. The molecule has 0 aliphatic carbocycles. The number of alkyl halides is 3. The van der Waals surface area contributed by atoms with E-state index in [4.69, 9.17) is 4.42 Å². The number of hydrogen-bond acceptors (Lipinski definition) is 4. The van der Waals surface area contributed by atoms with Crippen molar-refractivity contribution in [1.29, 1.82) is 0 Å². The van der Waals surface area contributed by atoms with Crippen LogP contribution in [0.15, 0.2) is 46.9 Å². The van der Waals surface area contributed by atoms with Gasteiger partial charge in [-0.3, -0.25) is 10.1 Å². The molecule has 0 radical (unpaired) electrons. The van der Waals surface area contributed by atoms with Crippen LogP contribution in [0.4, 0.5) is 28.0 Å². The maximum Gasteiger partial charge on any atom is 0.416 e. The van der Waals surface area contributed by atoms with Crippen LogP contribution in [-0.4, -0.2) is 16.1 Å². The van der Waals surface area contributed by atoms with Crippen LogP contribution in [-0.2, 0) is 6.18 Å². The van der Waals surface area contributed by atoms with Gasteiger partial charge in [0, 0.05) is 11.6 Å². The number of aromatic nitrogens is 2. The first kappa shape index (κ1) is 17.5. The van der Waals surface area contributed by atoms with E-state index in [1.54, 1.807) is 0 Å². The maximum atomic E-state index is 13.7. The first-order chi connectivity index (χ1) is 12.2. The Labute approximate surface area is 142 Å². The Hall–Kier alpha value is -3.30. The fourth-order valence-corrected chi connectivity index (χ4v) is 2.05. The van der Waals surface area contributed by atoms with Crippen LogP contribution < -0.4 is 5.32 Å². The Morgan fingerprint density at radius 2 is 1.81 bits per heavy atom. The van der Waals surface area contributed by atoms with E-state index in [9.17, 15) is 26.7 Å². The van der Waals surface area contributed by atoms with Crippen molar-refractivity contribution >= 4 is 11.9 Å². The summed E-state index contributed by atoms with van der Waals surface area (Å²) in [4.78, 5) is 12.0. The van der Waals surface area contributed by atoms with Crippen LogP contribution in [0.2, 0.25) is 0 Å². The molecule has 0 aliphatic heterocycles. The summed E-state index contributed by atoms with van der Waals surface area (Å²) in [6.45, 7) is 0. The summed E-state index contributed by atoms with van der Waals surface area (Å²) in [5.74, 6) is -3.01. The summed E-state index contributed by atoms with van der Waals surface area (Å²) in [7, 11) is 0. The molecule has 0 saturated carbocycles. The molecule has 5 nitrogen and oxygen atoms in total. The molecule has 1 amide bonds. The summed E-state index contributed by atoms with van der Waals surface area (Å²) in [5, 5.41) is 9.08. The molecule has 0 atom stereocenters. The molecule has 0 bridgehead atoms. The highest BCUT2D eigenvalue weighted by molar-refractivity contribution is 6.03. The SMILES string of the molecule is O=C(Nc1nnc(-c2ccc(F)cc2F)o1)c1cccc(C(F)(F)F)c1. The van der Waals surface area contributed by atoms with Crippen molar-refractivity contribution < 1.29 is 31.2 Å². The Morgan fingerprint density at radius 1 is 1.04 bits per heavy atom. The minimum Gasteiger partial charge on any atom is -0.403 e. The van der Waals surface area contributed by atoms with Gasteiger partial charge in [-0.05, 0) is 30.3 Å². The van der Waals surface area contributed by atoms with E-state index in [1.807, 2.05) is 0 Å². The zero-order valence-electron chi connectivity index (χ0n) is 12.6. The number of hydrogen-bond donors (Lipinski definition) is 1. The summed E-state index contributed by atoms with van der Waals surface area (Å²) in [6.07, 6.45) is -4.60. The average Bonchev–Trinajstić information content (AvgIpc) is 3.02. The van der Waals surface area contributed by atoms with E-state index < -0.39 is 35.3 Å². The summed E-state index contributed by atoms with van der Waals surface area (Å²) < 4.78 is 69.7. The second-order valence-electron chi connectivity index (χ2n) is 5.07. The molecule has 0 fully saturated rings. The van der Waals surface area contributed by atoms with Gasteiger partial charge in [0.15, 0.2) is 0 Å². The smallest absolute Gasteiger partial charge is 0.403 e. The molecule has 3 rings (SSSR count). The van der Waals surface area contributed by atoms with Crippen molar-refractivity contribution in [1.82, 2.24) is 10.2 Å². The van der Waals surface area contributed by atoms with E-state index >= 15 is 0 Å². The molecule has 1 N–H and O–H groups in total. The van der Waals surface area contributed by atoms with Crippen LogP contribution in [0.5, 0.6) is 0 Å². The number of nitrogens with zero attached hydrogens (tertiary/aromatic N) is 2. The van der Waals surface area contributed by atoms with Gasteiger partial charge in [-0.25, -0.2) is 8.78 Å². The lowest BCUT2D eigenvalue weighted by atomic mass is 10.1. The fraction of sp³-hybridized carbons (Fsp3) is 0.0625. The number of carbonyl (C=O) groups is 1. The second-order valence-corrected chi connectivity index (χ2v) is 5.07. The van der Waals surface area contributed by atoms with Crippen molar-refractivity contribution in [2.75, 3.05) is 5.32 Å². The summed E-state index contributed by atoms with van der Waals surface area (Å²) in [6, 6.07) is 5.92. The molecule has 2 aromatic carbocycles. The molecule has 10 heteroatoms. The standard InChI is InChI=1S/C16H8F5N3O2/c17-10-4-5-11(12(18)7-10)14-23-24-15(26-14)22-13(25)8-2-1-3-9(6-8)16(19,20)21/h1-7H,(H,22,24,25). The molecule has 26 heavy (non-hydrogen) atoms. The topological polar surface area (TPSA) is 68.0 Å². The van der Waals surface area contributed by atoms with Gasteiger partial charge in [-0.1, -0.05) is 11.2 Å². The molecule has 1 aromatic heterocycles. The minimum absolute atomic E-state index is 0.196. The Kier molecular flexibility index (Phi) is 4.41. The van der Waals surface area contributed by atoms with E-state index in [-0.39, 0.29) is 17.0 Å². The normalized spacial score (nSPS) is 11.4. The minimum atomic E-state index is -4.60. The highest BCUT2D eigenvalue weighted by Gasteiger charge is 2.31. The summed E-state index contributed by atoms with van der Waals surface area (Å²) >= 11 is 0. The molecular formula is C16H8F5N3O2. The quantitative estimate of drug-likeness (QED) is 0.700. The van der Waals surface area contributed by atoms with Crippen molar-refractivity contribution in [3.63, 3.8) is 0 Å². The molecule has 0 aliphatic rings. The summed E-state index contributed by atoms with van der Waals surface area (Å²) in [5.41, 5.74) is -1.48. The number of halogens is 5. The molecular weight excluding hydrogens is 361 g/mol. The van der Waals surface area contributed by atoms with E-state index in [0.29, 0.717) is 12.1 Å². The van der Waals surface area contributed by atoms with Gasteiger partial charge in [0.05, 0.1) is 11.1 Å². The molecule has 3 aromatic rings. The van der Waals surface area contributed by atoms with Gasteiger partial charge in [-0.2, -0.15) is 13.2 Å². The Morgan fingerprint density at radius 3 is 2.50 bits per heavy atom. The van der Waals surface area contributed by atoms with Crippen LogP contribution in [0.25, 0.3) is 11.5 Å². The van der Waals surface area contributed by atoms with Gasteiger partial charge in [0.25, 0.3) is 11.8 Å². The monoisotopic (exact) mass is 369 g/mol. The van der Waals surface area contributed by atoms with Crippen LogP contribution >= 0.6 is 0 Å². The van der Waals surface area contributed by atoms with Crippen molar-refractivity contribution in [3.8, 4) is 11.5 Å². The highest BCUT2D eigenvalue weighted by Crippen LogP contribution is 2.30. The number of nitrogens with one attached hydrogen (secondary N) is 1. The zero-order chi connectivity index (χ0) is 18.9. The van der Waals surface area contributed by atoms with Crippen molar-refractivity contribution in [2.45, 2.75) is 6.18 Å². The lowest BCUT2D eigenvalue weighted by Gasteiger charge is -2.07. The van der Waals surface area contributed by atoms with E-state index in [0.717, 1.165) is 24.3 Å². The van der Waals surface area contributed by atoms with Gasteiger partial charge < -0.3 is 4.42 Å². The fourth-order valence-electron chi connectivity index (χ4n) is 2.05. The number of amides is 1. The molecule has 0 unspecified atom stereocenters. The highest BCUT2D eigenvalue weighted by atomic mass is 19.4. The average molecular weight is 369 g/mol. The Bertz CT molecular complexity index is 969. The predicted molar refractivity (Wildman–Crippen MR) is 79.0 cm³/mol. The molecule has 1 heterocycles. The van der Waals surface area contributed by atoms with Gasteiger partial charge >= 0.3 is 12.2 Å². The molecule has 0 saturated heterocycles. The van der Waals surface area contributed by atoms with Crippen molar-refractivity contribution in [3.05, 3.63) is 65.2 Å². The largest absolute Gasteiger partial charge is 0.416 e. The number of benzene rings is 2. The third-order valence-electron chi connectivity index (χ3n) is 3.26. The first-order valence-electron chi connectivity index (χ1n) is 7.01. The molecule has 0 spiro atoms. The lowest BCUT2D eigenvalue weighted by Crippen LogP contribution is -2.14. The van der Waals surface area contributed by atoms with E-state index in [1.165, 1.54) is 6.07 Å². The number of rotatable bonds is 3. The zero-order valence-corrected chi connectivity index (χ0v) is 12.6. The van der Waals surface area contributed by atoms with Crippen LogP contribution in [0.1, 0.15) is 15.9 Å². The lowest BCUT2D eigenvalue weighted by molar-refractivity contribution is -0.137. The third kappa shape index (κ3) is 3.68. The first-order valence-corrected chi connectivity index (χ1v) is 7.01. The van der Waals surface area contributed by atoms with Gasteiger partial charge in [0.1, 0.15) is 11.6 Å². The van der Waals surface area contributed by atoms with Crippen LogP contribution in [0, 0.1) is 11.6 Å². The predicted octanol–water partition coefficient (Wildman–Crippen LogP) is 4.29. The van der Waals surface area contributed by atoms with Crippen molar-refractivity contribution in [2.24, 2.45) is 0 Å². The Balaban J connectivity index is 1.80.